The summed E-state index contributed by atoms with van der Waals surface area (Å²) in [5.41, 5.74) is 6.52. The largest absolute Gasteiger partial charge is 0.495 e. The Bertz CT molecular complexity index is 478. The van der Waals surface area contributed by atoms with Crippen LogP contribution < -0.4 is 15.8 Å². The topological polar surface area (TPSA) is 67.6 Å². The van der Waals surface area contributed by atoms with Gasteiger partial charge in [0.15, 0.2) is 0 Å². The molecule has 2 rings (SSSR count). The molecule has 21 heavy (non-hydrogen) atoms. The lowest BCUT2D eigenvalue weighted by Crippen LogP contribution is -2.41. The fourth-order valence-electron chi connectivity index (χ4n) is 3.15. The fourth-order valence-corrected chi connectivity index (χ4v) is 3.15. The molecule has 0 aliphatic heterocycles. The molecular weight excluding hydrogens is 266 g/mol. The highest BCUT2D eigenvalue weighted by Gasteiger charge is 2.30. The van der Waals surface area contributed by atoms with Crippen molar-refractivity contribution in [2.75, 3.05) is 32.6 Å². The van der Waals surface area contributed by atoms with E-state index in [1.165, 1.54) is 12.8 Å². The fraction of sp³-hybridized carbons (Fsp3) is 0.562. The third kappa shape index (κ3) is 3.95. The highest BCUT2D eigenvalue weighted by Crippen LogP contribution is 2.28. The zero-order chi connectivity index (χ0) is 15.2. The van der Waals surface area contributed by atoms with Crippen molar-refractivity contribution in [3.63, 3.8) is 0 Å². The molecule has 0 bridgehead atoms. The Kier molecular flexibility index (Phi) is 5.59. The molecule has 1 aliphatic rings. The summed E-state index contributed by atoms with van der Waals surface area (Å²) >= 11 is 0. The van der Waals surface area contributed by atoms with Crippen LogP contribution in [-0.4, -0.2) is 44.1 Å². The SMILES string of the molecule is COc1ccccc1NC(=O)CN(C)C1CCCC1CN. The molecule has 1 aliphatic carbocycles. The number of amides is 1. The molecule has 2 unspecified atom stereocenters. The minimum Gasteiger partial charge on any atom is -0.495 e. The van der Waals surface area contributed by atoms with Crippen LogP contribution in [0.25, 0.3) is 0 Å². The van der Waals surface area contributed by atoms with E-state index in [4.69, 9.17) is 10.5 Å². The maximum absolute atomic E-state index is 12.2. The van der Waals surface area contributed by atoms with Crippen molar-refractivity contribution in [2.24, 2.45) is 11.7 Å². The van der Waals surface area contributed by atoms with Gasteiger partial charge in [0.2, 0.25) is 5.91 Å². The summed E-state index contributed by atoms with van der Waals surface area (Å²) < 4.78 is 5.24. The number of benzene rings is 1. The molecular formula is C16H25N3O2. The van der Waals surface area contributed by atoms with E-state index in [9.17, 15) is 4.79 Å². The van der Waals surface area contributed by atoms with Gasteiger partial charge in [-0.25, -0.2) is 0 Å². The summed E-state index contributed by atoms with van der Waals surface area (Å²) in [5, 5.41) is 2.91. The van der Waals surface area contributed by atoms with Gasteiger partial charge in [-0.2, -0.15) is 0 Å². The van der Waals surface area contributed by atoms with Crippen molar-refractivity contribution in [1.29, 1.82) is 0 Å². The molecule has 1 aromatic rings. The zero-order valence-corrected chi connectivity index (χ0v) is 12.8. The average Bonchev–Trinajstić information content (AvgIpc) is 2.96. The Morgan fingerprint density at radius 2 is 2.19 bits per heavy atom. The lowest BCUT2D eigenvalue weighted by molar-refractivity contribution is -0.117. The molecule has 5 heteroatoms. The van der Waals surface area contributed by atoms with E-state index in [0.717, 1.165) is 6.42 Å². The molecule has 1 saturated carbocycles. The first-order chi connectivity index (χ1) is 10.2. The minimum absolute atomic E-state index is 0.0235. The number of nitrogens with two attached hydrogens (primary N) is 1. The van der Waals surface area contributed by atoms with Gasteiger partial charge in [-0.05, 0) is 44.5 Å². The quantitative estimate of drug-likeness (QED) is 0.837. The molecule has 0 spiro atoms. The van der Waals surface area contributed by atoms with Gasteiger partial charge in [0.05, 0.1) is 19.3 Å². The summed E-state index contributed by atoms with van der Waals surface area (Å²) in [6.45, 7) is 1.07. The lowest BCUT2D eigenvalue weighted by Gasteiger charge is -2.28. The number of hydrogen-bond donors (Lipinski definition) is 2. The Labute approximate surface area is 126 Å². The predicted octanol–water partition coefficient (Wildman–Crippen LogP) is 1.69. The van der Waals surface area contributed by atoms with Gasteiger partial charge in [-0.3, -0.25) is 9.69 Å². The average molecular weight is 291 g/mol. The van der Waals surface area contributed by atoms with Crippen LogP contribution in [0.1, 0.15) is 19.3 Å². The number of carbonyl (C=O) groups is 1. The first kappa shape index (κ1) is 15.8. The van der Waals surface area contributed by atoms with Crippen LogP contribution in [0.15, 0.2) is 24.3 Å². The lowest BCUT2D eigenvalue weighted by atomic mass is 10.0. The Morgan fingerprint density at radius 3 is 2.90 bits per heavy atom. The first-order valence-electron chi connectivity index (χ1n) is 7.49. The van der Waals surface area contributed by atoms with Crippen molar-refractivity contribution >= 4 is 11.6 Å². The smallest absolute Gasteiger partial charge is 0.238 e. The summed E-state index contributed by atoms with van der Waals surface area (Å²) in [5.74, 6) is 1.16. The maximum Gasteiger partial charge on any atom is 0.238 e. The number of anilines is 1. The van der Waals surface area contributed by atoms with Crippen LogP contribution >= 0.6 is 0 Å². The van der Waals surface area contributed by atoms with Gasteiger partial charge in [0, 0.05) is 6.04 Å². The molecule has 2 atom stereocenters. The van der Waals surface area contributed by atoms with Gasteiger partial charge >= 0.3 is 0 Å². The van der Waals surface area contributed by atoms with Crippen LogP contribution in [0.2, 0.25) is 0 Å². The van der Waals surface area contributed by atoms with Crippen LogP contribution in [0, 0.1) is 5.92 Å². The Morgan fingerprint density at radius 1 is 1.43 bits per heavy atom. The molecule has 1 fully saturated rings. The van der Waals surface area contributed by atoms with E-state index in [2.05, 4.69) is 10.2 Å². The number of methoxy groups -OCH3 is 1. The highest BCUT2D eigenvalue weighted by atomic mass is 16.5. The zero-order valence-electron chi connectivity index (χ0n) is 12.8. The highest BCUT2D eigenvalue weighted by molar-refractivity contribution is 5.93. The van der Waals surface area contributed by atoms with E-state index < -0.39 is 0 Å². The van der Waals surface area contributed by atoms with Crippen LogP contribution in [0.5, 0.6) is 5.75 Å². The number of ether oxygens (including phenoxy) is 1. The number of nitrogens with zero attached hydrogens (tertiary/aromatic N) is 1. The van der Waals surface area contributed by atoms with E-state index in [1.807, 2.05) is 31.3 Å². The summed E-state index contributed by atoms with van der Waals surface area (Å²) in [4.78, 5) is 14.3. The maximum atomic E-state index is 12.2. The molecule has 0 saturated heterocycles. The number of likely N-dealkylation sites (N-methyl/N-ethyl adjacent to an activating group) is 1. The van der Waals surface area contributed by atoms with Crippen molar-refractivity contribution in [1.82, 2.24) is 4.90 Å². The van der Waals surface area contributed by atoms with Gasteiger partial charge in [-0.15, -0.1) is 0 Å². The number of carbonyl (C=O) groups excluding carboxylic acids is 1. The van der Waals surface area contributed by atoms with Crippen LogP contribution in [0.3, 0.4) is 0 Å². The molecule has 1 aromatic carbocycles. The van der Waals surface area contributed by atoms with Gasteiger partial charge in [0.1, 0.15) is 5.75 Å². The normalized spacial score (nSPS) is 21.5. The second-order valence-corrected chi connectivity index (χ2v) is 5.66. The third-order valence-electron chi connectivity index (χ3n) is 4.26. The van der Waals surface area contributed by atoms with Gasteiger partial charge in [-0.1, -0.05) is 18.6 Å². The molecule has 116 valence electrons. The van der Waals surface area contributed by atoms with Gasteiger partial charge in [0.25, 0.3) is 0 Å². The molecule has 0 heterocycles. The number of para-hydroxylation sites is 2. The van der Waals surface area contributed by atoms with Gasteiger partial charge < -0.3 is 15.8 Å². The number of nitrogens with one attached hydrogen (secondary N) is 1. The Hall–Kier alpha value is -1.59. The van der Waals surface area contributed by atoms with Crippen LogP contribution in [0.4, 0.5) is 5.69 Å². The first-order valence-corrected chi connectivity index (χ1v) is 7.49. The number of hydrogen-bond acceptors (Lipinski definition) is 4. The third-order valence-corrected chi connectivity index (χ3v) is 4.26. The molecule has 1 amide bonds. The molecule has 3 N–H and O–H groups in total. The summed E-state index contributed by atoms with van der Waals surface area (Å²) in [7, 11) is 3.60. The monoisotopic (exact) mass is 291 g/mol. The van der Waals surface area contributed by atoms with E-state index in [-0.39, 0.29) is 5.91 Å². The second kappa shape index (κ2) is 7.43. The van der Waals surface area contributed by atoms with E-state index >= 15 is 0 Å². The minimum atomic E-state index is -0.0235. The summed E-state index contributed by atoms with van der Waals surface area (Å²) in [6, 6.07) is 7.85. The van der Waals surface area contributed by atoms with E-state index in [1.54, 1.807) is 7.11 Å². The molecule has 5 nitrogen and oxygen atoms in total. The molecule has 0 aromatic heterocycles. The standard InChI is InChI=1S/C16H25N3O2/c1-19(14-8-5-6-12(14)10-17)11-16(20)18-13-7-3-4-9-15(13)21-2/h3-4,7,9,12,14H,5-6,8,10-11,17H2,1-2H3,(H,18,20). The van der Waals surface area contributed by atoms with Crippen molar-refractivity contribution in [3.05, 3.63) is 24.3 Å². The van der Waals surface area contributed by atoms with Crippen LogP contribution in [-0.2, 0) is 4.79 Å². The summed E-state index contributed by atoms with van der Waals surface area (Å²) in [6.07, 6.45) is 3.49. The second-order valence-electron chi connectivity index (χ2n) is 5.66. The van der Waals surface area contributed by atoms with Crippen molar-refractivity contribution < 1.29 is 9.53 Å². The molecule has 0 radical (unpaired) electrons. The Balaban J connectivity index is 1.92. The van der Waals surface area contributed by atoms with E-state index in [0.29, 0.717) is 36.5 Å². The predicted molar refractivity (Wildman–Crippen MR) is 84.4 cm³/mol. The number of rotatable bonds is 6. The van der Waals surface area contributed by atoms with Crippen molar-refractivity contribution in [3.8, 4) is 5.75 Å². The van der Waals surface area contributed by atoms with Crippen molar-refractivity contribution in [2.45, 2.75) is 25.3 Å².